The molecule has 1 aromatic rings. The Morgan fingerprint density at radius 3 is 2.70 bits per heavy atom. The number of hydrogen-bond acceptors (Lipinski definition) is 4. The van der Waals surface area contributed by atoms with E-state index in [4.69, 9.17) is 5.73 Å². The SMILES string of the molecule is Cc1c(F)cc(N)cc1S(=O)(=O)NCC1CCSCC1. The molecule has 0 amide bonds. The largest absolute Gasteiger partial charge is 0.399 e. The van der Waals surface area contributed by atoms with Crippen molar-refractivity contribution in [2.75, 3.05) is 23.8 Å². The number of benzene rings is 1. The predicted molar refractivity (Wildman–Crippen MR) is 80.8 cm³/mol. The summed E-state index contributed by atoms with van der Waals surface area (Å²) in [7, 11) is -3.71. The van der Waals surface area contributed by atoms with Crippen LogP contribution in [0.3, 0.4) is 0 Å². The third-order valence-electron chi connectivity index (χ3n) is 3.51. The molecule has 0 atom stereocenters. The van der Waals surface area contributed by atoms with Crippen molar-refractivity contribution in [1.82, 2.24) is 4.72 Å². The minimum atomic E-state index is -3.71. The van der Waals surface area contributed by atoms with Gasteiger partial charge in [-0.2, -0.15) is 11.8 Å². The molecule has 0 saturated carbocycles. The van der Waals surface area contributed by atoms with Crippen molar-refractivity contribution in [3.63, 3.8) is 0 Å². The number of rotatable bonds is 4. The highest BCUT2D eigenvalue weighted by molar-refractivity contribution is 7.99. The summed E-state index contributed by atoms with van der Waals surface area (Å²) in [6.45, 7) is 1.85. The molecule has 0 aliphatic carbocycles. The Balaban J connectivity index is 2.14. The monoisotopic (exact) mass is 318 g/mol. The lowest BCUT2D eigenvalue weighted by Crippen LogP contribution is -2.31. The Hall–Kier alpha value is -0.790. The van der Waals surface area contributed by atoms with Gasteiger partial charge in [-0.3, -0.25) is 0 Å². The number of nitrogens with one attached hydrogen (secondary N) is 1. The second-order valence-electron chi connectivity index (χ2n) is 5.03. The van der Waals surface area contributed by atoms with Crippen LogP contribution in [0.4, 0.5) is 10.1 Å². The van der Waals surface area contributed by atoms with Crippen molar-refractivity contribution >= 4 is 27.5 Å². The van der Waals surface area contributed by atoms with Gasteiger partial charge in [-0.1, -0.05) is 0 Å². The molecule has 0 aromatic heterocycles. The lowest BCUT2D eigenvalue weighted by atomic mass is 10.0. The second kappa shape index (κ2) is 6.32. The summed E-state index contributed by atoms with van der Waals surface area (Å²) in [5.74, 6) is 1.90. The highest BCUT2D eigenvalue weighted by Gasteiger charge is 2.22. The Morgan fingerprint density at radius 1 is 1.40 bits per heavy atom. The van der Waals surface area contributed by atoms with Crippen molar-refractivity contribution in [3.8, 4) is 0 Å². The molecule has 3 N–H and O–H groups in total. The molecular weight excluding hydrogens is 299 g/mol. The van der Waals surface area contributed by atoms with Gasteiger partial charge in [0, 0.05) is 17.8 Å². The minimum Gasteiger partial charge on any atom is -0.399 e. The van der Waals surface area contributed by atoms with Crippen LogP contribution in [0.5, 0.6) is 0 Å². The lowest BCUT2D eigenvalue weighted by Gasteiger charge is -2.21. The molecule has 20 heavy (non-hydrogen) atoms. The molecule has 1 saturated heterocycles. The van der Waals surface area contributed by atoms with Crippen LogP contribution in [0.1, 0.15) is 18.4 Å². The zero-order chi connectivity index (χ0) is 14.8. The molecule has 0 spiro atoms. The first-order valence-electron chi connectivity index (χ1n) is 6.53. The summed E-state index contributed by atoms with van der Waals surface area (Å²) in [4.78, 5) is -0.0693. The van der Waals surface area contributed by atoms with Crippen molar-refractivity contribution < 1.29 is 12.8 Å². The smallest absolute Gasteiger partial charge is 0.241 e. The standard InChI is InChI=1S/C13H19FN2O2S2/c1-9-12(14)6-11(15)7-13(9)20(17,18)16-8-10-2-4-19-5-3-10/h6-7,10,16H,2-5,8,15H2,1H3. The molecular formula is C13H19FN2O2S2. The average Bonchev–Trinajstić information content (AvgIpc) is 2.42. The summed E-state index contributed by atoms with van der Waals surface area (Å²) >= 11 is 1.89. The van der Waals surface area contributed by atoms with Gasteiger partial charge in [0.05, 0.1) is 4.90 Å². The Labute approximate surface area is 123 Å². The molecule has 0 radical (unpaired) electrons. The molecule has 4 nitrogen and oxygen atoms in total. The van der Waals surface area contributed by atoms with E-state index in [1.54, 1.807) is 0 Å². The van der Waals surface area contributed by atoms with Gasteiger partial charge >= 0.3 is 0 Å². The Bertz CT molecular complexity index is 584. The van der Waals surface area contributed by atoms with Crippen LogP contribution < -0.4 is 10.5 Å². The fourth-order valence-electron chi connectivity index (χ4n) is 2.21. The first-order chi connectivity index (χ1) is 9.40. The highest BCUT2D eigenvalue weighted by Crippen LogP contribution is 2.24. The van der Waals surface area contributed by atoms with Gasteiger partial charge in [0.25, 0.3) is 0 Å². The zero-order valence-corrected chi connectivity index (χ0v) is 13.0. The van der Waals surface area contributed by atoms with E-state index < -0.39 is 15.8 Å². The molecule has 1 heterocycles. The van der Waals surface area contributed by atoms with Gasteiger partial charge < -0.3 is 5.73 Å². The Morgan fingerprint density at radius 2 is 2.05 bits per heavy atom. The quantitative estimate of drug-likeness (QED) is 0.834. The van der Waals surface area contributed by atoms with Crippen LogP contribution in [0.2, 0.25) is 0 Å². The van der Waals surface area contributed by atoms with Gasteiger partial charge in [-0.25, -0.2) is 17.5 Å². The molecule has 112 valence electrons. The van der Waals surface area contributed by atoms with E-state index in [1.807, 2.05) is 11.8 Å². The van der Waals surface area contributed by atoms with E-state index in [0.717, 1.165) is 30.4 Å². The summed E-state index contributed by atoms with van der Waals surface area (Å²) < 4.78 is 40.7. The second-order valence-corrected chi connectivity index (χ2v) is 7.99. The zero-order valence-electron chi connectivity index (χ0n) is 11.4. The van der Waals surface area contributed by atoms with Crippen molar-refractivity contribution in [1.29, 1.82) is 0 Å². The van der Waals surface area contributed by atoms with Crippen LogP contribution in [-0.4, -0.2) is 26.5 Å². The summed E-state index contributed by atoms with van der Waals surface area (Å²) in [5, 5.41) is 0. The van der Waals surface area contributed by atoms with E-state index >= 15 is 0 Å². The third-order valence-corrected chi connectivity index (χ3v) is 6.11. The molecule has 2 rings (SSSR count). The molecule has 0 unspecified atom stereocenters. The normalized spacial score (nSPS) is 17.3. The number of thioether (sulfide) groups is 1. The van der Waals surface area contributed by atoms with Gasteiger partial charge in [-0.05, 0) is 49.3 Å². The number of hydrogen-bond donors (Lipinski definition) is 2. The number of halogens is 1. The Kier molecular flexibility index (Phi) is 4.93. The van der Waals surface area contributed by atoms with Crippen LogP contribution in [-0.2, 0) is 10.0 Å². The van der Waals surface area contributed by atoms with Gasteiger partial charge in [0.15, 0.2) is 0 Å². The third kappa shape index (κ3) is 3.65. The minimum absolute atomic E-state index is 0.0693. The lowest BCUT2D eigenvalue weighted by molar-refractivity contribution is 0.476. The summed E-state index contributed by atoms with van der Waals surface area (Å²) in [6, 6.07) is 2.43. The molecule has 1 aliphatic rings. The fraction of sp³-hybridized carbons (Fsp3) is 0.538. The maximum absolute atomic E-state index is 13.6. The first-order valence-corrected chi connectivity index (χ1v) is 9.17. The van der Waals surface area contributed by atoms with E-state index in [0.29, 0.717) is 12.5 Å². The number of nitrogens with two attached hydrogens (primary N) is 1. The highest BCUT2D eigenvalue weighted by atomic mass is 32.2. The van der Waals surface area contributed by atoms with Crippen LogP contribution >= 0.6 is 11.8 Å². The fourth-order valence-corrected chi connectivity index (χ4v) is 4.82. The molecule has 1 aromatic carbocycles. The van der Waals surface area contributed by atoms with Crippen LogP contribution in [0.15, 0.2) is 17.0 Å². The van der Waals surface area contributed by atoms with Crippen LogP contribution in [0, 0.1) is 18.7 Å². The van der Waals surface area contributed by atoms with Gasteiger partial charge in [0.1, 0.15) is 5.82 Å². The van der Waals surface area contributed by atoms with Gasteiger partial charge in [0.2, 0.25) is 10.0 Å². The molecule has 0 bridgehead atoms. The van der Waals surface area contributed by atoms with E-state index in [9.17, 15) is 12.8 Å². The van der Waals surface area contributed by atoms with Crippen LogP contribution in [0.25, 0.3) is 0 Å². The maximum atomic E-state index is 13.6. The number of sulfonamides is 1. The summed E-state index contributed by atoms with van der Waals surface area (Å²) in [5.41, 5.74) is 5.75. The van der Waals surface area contributed by atoms with E-state index in [2.05, 4.69) is 4.72 Å². The first kappa shape index (κ1) is 15.6. The predicted octanol–water partition coefficient (Wildman–Crippen LogP) is 2.14. The van der Waals surface area contributed by atoms with E-state index in [-0.39, 0.29) is 16.1 Å². The maximum Gasteiger partial charge on any atom is 0.241 e. The topological polar surface area (TPSA) is 72.2 Å². The average molecular weight is 318 g/mol. The van der Waals surface area contributed by atoms with Crippen molar-refractivity contribution in [2.45, 2.75) is 24.7 Å². The van der Waals surface area contributed by atoms with Crippen molar-refractivity contribution in [3.05, 3.63) is 23.5 Å². The number of anilines is 1. The van der Waals surface area contributed by atoms with E-state index in [1.165, 1.54) is 13.0 Å². The molecule has 7 heteroatoms. The molecule has 1 fully saturated rings. The number of nitrogen functional groups attached to an aromatic ring is 1. The van der Waals surface area contributed by atoms with Crippen molar-refractivity contribution in [2.24, 2.45) is 5.92 Å². The van der Waals surface area contributed by atoms with Gasteiger partial charge in [-0.15, -0.1) is 0 Å². The molecule has 1 aliphatic heterocycles. The summed E-state index contributed by atoms with van der Waals surface area (Å²) in [6.07, 6.45) is 2.02.